The third-order valence-corrected chi connectivity index (χ3v) is 3.35. The van der Waals surface area contributed by atoms with Crippen LogP contribution in [0.3, 0.4) is 0 Å². The van der Waals surface area contributed by atoms with Gasteiger partial charge >= 0.3 is 0 Å². The number of rotatable bonds is 2. The topological polar surface area (TPSA) is 75.7 Å². The lowest BCUT2D eigenvalue weighted by Gasteiger charge is -2.33. The summed E-state index contributed by atoms with van der Waals surface area (Å²) in [7, 11) is 0. The van der Waals surface area contributed by atoms with E-state index in [0.29, 0.717) is 19.4 Å². The Morgan fingerprint density at radius 1 is 1.40 bits per heavy atom. The van der Waals surface area contributed by atoms with Crippen LogP contribution in [0.15, 0.2) is 11.3 Å². The van der Waals surface area contributed by atoms with Crippen LogP contribution in [-0.4, -0.2) is 35.1 Å². The van der Waals surface area contributed by atoms with Crippen molar-refractivity contribution in [3.63, 3.8) is 0 Å². The molecule has 4 nitrogen and oxygen atoms in total. The van der Waals surface area contributed by atoms with Crippen molar-refractivity contribution in [3.05, 3.63) is 11.3 Å². The van der Waals surface area contributed by atoms with Gasteiger partial charge in [-0.25, -0.2) is 0 Å². The van der Waals surface area contributed by atoms with Crippen molar-refractivity contribution in [2.75, 3.05) is 6.61 Å². The van der Waals surface area contributed by atoms with Crippen LogP contribution in [0.25, 0.3) is 0 Å². The summed E-state index contributed by atoms with van der Waals surface area (Å²) in [5.41, 5.74) is 8.07. The van der Waals surface area contributed by atoms with Crippen LogP contribution in [0.5, 0.6) is 0 Å². The first-order valence-electron chi connectivity index (χ1n) is 5.62. The maximum Gasteiger partial charge on any atom is 0.106 e. The molecular formula is C11H19NO3. The summed E-state index contributed by atoms with van der Waals surface area (Å²) in [4.78, 5) is 0. The zero-order chi connectivity index (χ0) is 10.8. The second-order valence-corrected chi connectivity index (χ2v) is 4.44. The van der Waals surface area contributed by atoms with Gasteiger partial charge in [-0.05, 0) is 25.7 Å². The smallest absolute Gasteiger partial charge is 0.106 e. The molecule has 1 aliphatic heterocycles. The third-order valence-electron chi connectivity index (χ3n) is 3.35. The summed E-state index contributed by atoms with van der Waals surface area (Å²) in [5, 5.41) is 19.2. The average molecular weight is 213 g/mol. The number of aliphatic hydroxyl groups is 2. The minimum Gasteiger partial charge on any atom is -0.402 e. The van der Waals surface area contributed by atoms with E-state index in [0.717, 1.165) is 18.5 Å². The third kappa shape index (κ3) is 2.33. The first-order chi connectivity index (χ1) is 7.18. The lowest BCUT2D eigenvalue weighted by Crippen LogP contribution is -2.45. The zero-order valence-corrected chi connectivity index (χ0v) is 8.85. The molecule has 1 heterocycles. The largest absolute Gasteiger partial charge is 0.402 e. The van der Waals surface area contributed by atoms with Gasteiger partial charge in [0.25, 0.3) is 0 Å². The highest BCUT2D eigenvalue weighted by molar-refractivity contribution is 5.18. The molecular weight excluding hydrogens is 194 g/mol. The molecule has 0 spiro atoms. The van der Waals surface area contributed by atoms with E-state index < -0.39 is 12.2 Å². The monoisotopic (exact) mass is 213 g/mol. The Hall–Kier alpha value is -0.580. The van der Waals surface area contributed by atoms with Crippen molar-refractivity contribution in [1.29, 1.82) is 0 Å². The molecule has 0 aromatic carbocycles. The fourth-order valence-corrected chi connectivity index (χ4v) is 2.07. The number of ether oxygens (including phenoxy) is 1. The maximum atomic E-state index is 9.71. The summed E-state index contributed by atoms with van der Waals surface area (Å²) in [6.45, 7) is 0.505. The molecule has 15 heavy (non-hydrogen) atoms. The van der Waals surface area contributed by atoms with Gasteiger partial charge in [0.15, 0.2) is 0 Å². The fraction of sp³-hybridized carbons (Fsp3) is 0.818. The highest BCUT2D eigenvalue weighted by Gasteiger charge is 2.32. The Morgan fingerprint density at radius 2 is 2.13 bits per heavy atom. The fourth-order valence-electron chi connectivity index (χ4n) is 2.07. The summed E-state index contributed by atoms with van der Waals surface area (Å²) in [6, 6.07) is 0. The molecule has 2 fully saturated rings. The summed E-state index contributed by atoms with van der Waals surface area (Å²) in [5.74, 6) is 0. The van der Waals surface area contributed by atoms with E-state index in [2.05, 4.69) is 0 Å². The molecule has 4 N–H and O–H groups in total. The standard InChI is InChI=1S/C11H19NO3/c12-8(7-2-1-3-7)6-10-11(14)9(13)4-5-15-10/h9-11,13-14H,1-6,12H2. The molecule has 0 aromatic heterocycles. The van der Waals surface area contributed by atoms with E-state index >= 15 is 0 Å². The van der Waals surface area contributed by atoms with Gasteiger partial charge in [-0.15, -0.1) is 0 Å². The molecule has 1 saturated carbocycles. The quantitative estimate of drug-likeness (QED) is 0.616. The van der Waals surface area contributed by atoms with Crippen molar-refractivity contribution in [2.45, 2.75) is 50.4 Å². The van der Waals surface area contributed by atoms with Crippen LogP contribution < -0.4 is 5.73 Å². The van der Waals surface area contributed by atoms with E-state index in [9.17, 15) is 10.2 Å². The van der Waals surface area contributed by atoms with Crippen molar-refractivity contribution >= 4 is 0 Å². The molecule has 3 unspecified atom stereocenters. The van der Waals surface area contributed by atoms with Crippen LogP contribution >= 0.6 is 0 Å². The van der Waals surface area contributed by atoms with Gasteiger partial charge in [-0.3, -0.25) is 0 Å². The molecule has 2 rings (SSSR count). The van der Waals surface area contributed by atoms with Gasteiger partial charge in [0, 0.05) is 18.7 Å². The van der Waals surface area contributed by atoms with Crippen molar-refractivity contribution in [1.82, 2.24) is 0 Å². The van der Waals surface area contributed by atoms with Crippen LogP contribution in [0.4, 0.5) is 0 Å². The number of hydrogen-bond donors (Lipinski definition) is 3. The number of nitrogens with two attached hydrogens (primary N) is 1. The second kappa shape index (κ2) is 4.51. The van der Waals surface area contributed by atoms with Gasteiger partial charge < -0.3 is 20.7 Å². The van der Waals surface area contributed by atoms with Crippen LogP contribution in [0.1, 0.15) is 32.1 Å². The number of aliphatic hydroxyl groups excluding tert-OH is 2. The van der Waals surface area contributed by atoms with E-state index in [4.69, 9.17) is 10.5 Å². The Labute approximate surface area is 89.7 Å². The predicted molar refractivity (Wildman–Crippen MR) is 56.1 cm³/mol. The minimum absolute atomic E-state index is 0.332. The zero-order valence-electron chi connectivity index (χ0n) is 8.85. The van der Waals surface area contributed by atoms with Crippen molar-refractivity contribution < 1.29 is 14.9 Å². The van der Waals surface area contributed by atoms with Crippen molar-refractivity contribution in [2.24, 2.45) is 5.73 Å². The Morgan fingerprint density at radius 3 is 2.73 bits per heavy atom. The Bertz CT molecular complexity index is 259. The van der Waals surface area contributed by atoms with E-state index in [-0.39, 0.29) is 6.10 Å². The Balaban J connectivity index is 1.92. The first-order valence-corrected chi connectivity index (χ1v) is 5.62. The van der Waals surface area contributed by atoms with E-state index in [1.54, 1.807) is 0 Å². The molecule has 1 aliphatic carbocycles. The number of hydrogen-bond acceptors (Lipinski definition) is 4. The molecule has 1 saturated heterocycles. The van der Waals surface area contributed by atoms with Gasteiger partial charge in [0.1, 0.15) is 6.10 Å². The highest BCUT2D eigenvalue weighted by Crippen LogP contribution is 2.30. The van der Waals surface area contributed by atoms with Gasteiger partial charge in [0.2, 0.25) is 0 Å². The van der Waals surface area contributed by atoms with Gasteiger partial charge in [-0.1, -0.05) is 5.57 Å². The van der Waals surface area contributed by atoms with Gasteiger partial charge in [0.05, 0.1) is 12.2 Å². The second-order valence-electron chi connectivity index (χ2n) is 4.44. The average Bonchev–Trinajstić information content (AvgIpc) is 2.10. The normalized spacial score (nSPS) is 36.1. The molecule has 3 atom stereocenters. The predicted octanol–water partition coefficient (Wildman–Crippen LogP) is 0.284. The SMILES string of the molecule is NC(CC1OCCC(O)C1O)=C1CCC1. The van der Waals surface area contributed by atoms with Gasteiger partial charge in [-0.2, -0.15) is 0 Å². The lowest BCUT2D eigenvalue weighted by molar-refractivity contribution is -0.133. The van der Waals surface area contributed by atoms with Crippen LogP contribution in [-0.2, 0) is 4.74 Å². The molecule has 0 radical (unpaired) electrons. The lowest BCUT2D eigenvalue weighted by atomic mass is 9.88. The Kier molecular flexibility index (Phi) is 3.29. The molecule has 2 aliphatic rings. The minimum atomic E-state index is -0.794. The summed E-state index contributed by atoms with van der Waals surface area (Å²) < 4.78 is 5.43. The van der Waals surface area contributed by atoms with Crippen molar-refractivity contribution in [3.8, 4) is 0 Å². The van der Waals surface area contributed by atoms with Crippen LogP contribution in [0.2, 0.25) is 0 Å². The molecule has 0 aromatic rings. The summed E-state index contributed by atoms with van der Waals surface area (Å²) >= 11 is 0. The summed E-state index contributed by atoms with van der Waals surface area (Å²) in [6.07, 6.45) is 2.64. The molecule has 0 bridgehead atoms. The maximum absolute atomic E-state index is 9.71. The van der Waals surface area contributed by atoms with E-state index in [1.807, 2.05) is 0 Å². The van der Waals surface area contributed by atoms with Crippen LogP contribution in [0, 0.1) is 0 Å². The first kappa shape index (κ1) is 10.9. The number of allylic oxidation sites excluding steroid dienone is 1. The molecule has 4 heteroatoms. The highest BCUT2D eigenvalue weighted by atomic mass is 16.5. The molecule has 0 amide bonds. The van der Waals surface area contributed by atoms with E-state index in [1.165, 1.54) is 12.0 Å². The molecule has 86 valence electrons.